The molecule has 0 saturated heterocycles. The highest BCUT2D eigenvalue weighted by atomic mass is 32.1. The van der Waals surface area contributed by atoms with Crippen LogP contribution in [0.5, 0.6) is 5.75 Å². The monoisotopic (exact) mass is 402 g/mol. The lowest BCUT2D eigenvalue weighted by atomic mass is 10.00. The van der Waals surface area contributed by atoms with Crippen molar-refractivity contribution in [1.82, 2.24) is 10.9 Å². The number of hydrogen-bond acceptors (Lipinski definition) is 5. The van der Waals surface area contributed by atoms with E-state index in [1.807, 2.05) is 6.07 Å². The molecule has 0 aliphatic heterocycles. The number of hydrogen-bond donors (Lipinski definition) is 2. The molecule has 6 nitrogen and oxygen atoms in total. The van der Waals surface area contributed by atoms with Crippen molar-refractivity contribution in [2.45, 2.75) is 38.5 Å². The summed E-state index contributed by atoms with van der Waals surface area (Å²) in [5, 5.41) is 0. The van der Waals surface area contributed by atoms with Crippen molar-refractivity contribution in [3.05, 3.63) is 51.2 Å². The largest absolute Gasteiger partial charge is 0.490 e. The quantitative estimate of drug-likeness (QED) is 0.573. The highest BCUT2D eigenvalue weighted by molar-refractivity contribution is 7.14. The van der Waals surface area contributed by atoms with E-state index in [1.54, 1.807) is 31.4 Å². The number of methoxy groups -OCH3 is 1. The molecule has 1 aliphatic carbocycles. The molecule has 1 aromatic carbocycles. The number of hydrazine groups is 1. The second-order valence-electron chi connectivity index (χ2n) is 6.72. The first-order chi connectivity index (χ1) is 13.7. The number of para-hydroxylation sites is 1. The predicted molar refractivity (Wildman–Crippen MR) is 109 cm³/mol. The number of ether oxygens (including phenoxy) is 2. The lowest BCUT2D eigenvalue weighted by Gasteiger charge is -2.11. The van der Waals surface area contributed by atoms with Gasteiger partial charge in [0, 0.05) is 12.0 Å². The molecule has 0 fully saturated rings. The normalized spacial score (nSPS) is 13.8. The predicted octanol–water partition coefficient (Wildman–Crippen LogP) is 3.51. The fourth-order valence-electron chi connectivity index (χ4n) is 3.21. The first-order valence-electron chi connectivity index (χ1n) is 9.62. The zero-order chi connectivity index (χ0) is 19.8. The van der Waals surface area contributed by atoms with E-state index in [0.29, 0.717) is 29.4 Å². The molecule has 2 amide bonds. The van der Waals surface area contributed by atoms with Gasteiger partial charge in [-0.25, -0.2) is 0 Å². The van der Waals surface area contributed by atoms with E-state index in [1.165, 1.54) is 47.5 Å². The summed E-state index contributed by atoms with van der Waals surface area (Å²) in [6, 6.07) is 8.87. The Balaban J connectivity index is 1.60. The molecular weight excluding hydrogens is 376 g/mol. The minimum absolute atomic E-state index is 0.289. The maximum absolute atomic E-state index is 12.5. The molecule has 150 valence electrons. The van der Waals surface area contributed by atoms with E-state index in [4.69, 9.17) is 9.47 Å². The third-order valence-electron chi connectivity index (χ3n) is 4.69. The van der Waals surface area contributed by atoms with Gasteiger partial charge in [0.1, 0.15) is 12.4 Å². The number of nitrogens with one attached hydrogen (secondary N) is 2. The van der Waals surface area contributed by atoms with Crippen molar-refractivity contribution in [2.75, 3.05) is 20.3 Å². The number of carbonyl (C=O) groups is 2. The van der Waals surface area contributed by atoms with E-state index in [2.05, 4.69) is 10.9 Å². The van der Waals surface area contributed by atoms with E-state index >= 15 is 0 Å². The lowest BCUT2D eigenvalue weighted by molar-refractivity contribution is 0.0845. The third-order valence-corrected chi connectivity index (χ3v) is 5.92. The lowest BCUT2D eigenvalue weighted by Crippen LogP contribution is -2.41. The average molecular weight is 403 g/mol. The van der Waals surface area contributed by atoms with Crippen LogP contribution in [0.4, 0.5) is 0 Å². The molecule has 1 aliphatic rings. The van der Waals surface area contributed by atoms with Gasteiger partial charge in [-0.15, -0.1) is 11.3 Å². The number of carbonyl (C=O) groups excluding carboxylic acids is 2. The summed E-state index contributed by atoms with van der Waals surface area (Å²) in [6.45, 7) is 0.767. The fourth-order valence-corrected chi connectivity index (χ4v) is 4.36. The molecule has 1 aromatic heterocycles. The van der Waals surface area contributed by atoms with Crippen LogP contribution in [0.3, 0.4) is 0 Å². The first-order valence-corrected chi connectivity index (χ1v) is 10.4. The molecule has 2 aromatic rings. The second-order valence-corrected chi connectivity index (χ2v) is 7.86. The fraction of sp³-hybridized carbons (Fsp3) is 0.429. The summed E-state index contributed by atoms with van der Waals surface area (Å²) in [5.74, 6) is -0.260. The van der Waals surface area contributed by atoms with Crippen LogP contribution in [0.15, 0.2) is 30.3 Å². The summed E-state index contributed by atoms with van der Waals surface area (Å²) in [7, 11) is 1.59. The van der Waals surface area contributed by atoms with Crippen molar-refractivity contribution in [3.8, 4) is 5.75 Å². The maximum atomic E-state index is 12.5. The number of aryl methyl sites for hydroxylation is 2. The third kappa shape index (κ3) is 5.33. The van der Waals surface area contributed by atoms with Gasteiger partial charge in [0.05, 0.1) is 17.0 Å². The maximum Gasteiger partial charge on any atom is 0.279 e. The van der Waals surface area contributed by atoms with Gasteiger partial charge in [-0.3, -0.25) is 20.4 Å². The van der Waals surface area contributed by atoms with Crippen molar-refractivity contribution < 1.29 is 19.1 Å². The smallest absolute Gasteiger partial charge is 0.279 e. The minimum atomic E-state index is -0.420. The van der Waals surface area contributed by atoms with Crippen LogP contribution in [0, 0.1) is 0 Å². The van der Waals surface area contributed by atoms with Crippen LogP contribution < -0.4 is 15.6 Å². The van der Waals surface area contributed by atoms with Gasteiger partial charge < -0.3 is 9.47 Å². The van der Waals surface area contributed by atoms with Gasteiger partial charge in [0.25, 0.3) is 11.8 Å². The van der Waals surface area contributed by atoms with Gasteiger partial charge in [0.2, 0.25) is 0 Å². The topological polar surface area (TPSA) is 76.7 Å². The Labute approximate surface area is 169 Å². The number of benzene rings is 1. The van der Waals surface area contributed by atoms with Crippen molar-refractivity contribution in [1.29, 1.82) is 0 Å². The molecule has 0 bridgehead atoms. The Morgan fingerprint density at radius 2 is 1.75 bits per heavy atom. The Morgan fingerprint density at radius 1 is 1.00 bits per heavy atom. The molecule has 0 radical (unpaired) electrons. The van der Waals surface area contributed by atoms with Crippen LogP contribution in [-0.2, 0) is 17.6 Å². The molecule has 2 N–H and O–H groups in total. The Bertz CT molecular complexity index is 793. The van der Waals surface area contributed by atoms with Gasteiger partial charge in [-0.2, -0.15) is 0 Å². The molecule has 0 atom stereocenters. The first kappa shape index (κ1) is 20.4. The van der Waals surface area contributed by atoms with E-state index in [0.717, 1.165) is 12.8 Å². The van der Waals surface area contributed by atoms with Gasteiger partial charge in [-0.1, -0.05) is 25.0 Å². The highest BCUT2D eigenvalue weighted by Gasteiger charge is 2.17. The zero-order valence-electron chi connectivity index (χ0n) is 16.1. The number of amides is 2. The van der Waals surface area contributed by atoms with Crippen LogP contribution in [0.2, 0.25) is 0 Å². The molecule has 0 saturated carbocycles. The van der Waals surface area contributed by atoms with Crippen LogP contribution >= 0.6 is 11.3 Å². The molecule has 1 heterocycles. The second kappa shape index (κ2) is 10.2. The van der Waals surface area contributed by atoms with Gasteiger partial charge in [-0.05, 0) is 49.4 Å². The standard InChI is InChI=1S/C21H26N2O4S/c1-26-12-13-27-17-10-7-6-9-16(17)20(24)22-23-21(25)19-14-15-8-4-2-3-5-11-18(15)28-19/h6-7,9-10,14H,2-5,8,11-13H2,1H3,(H,22,24)(H,23,25). The van der Waals surface area contributed by atoms with E-state index in [9.17, 15) is 9.59 Å². The van der Waals surface area contributed by atoms with Crippen LogP contribution in [0.1, 0.15) is 56.2 Å². The summed E-state index contributed by atoms with van der Waals surface area (Å²) in [4.78, 5) is 26.9. The summed E-state index contributed by atoms with van der Waals surface area (Å²) in [5.41, 5.74) is 6.65. The number of thiophene rings is 1. The number of rotatable bonds is 6. The van der Waals surface area contributed by atoms with Crippen LogP contribution in [0.25, 0.3) is 0 Å². The Morgan fingerprint density at radius 3 is 2.57 bits per heavy atom. The molecule has 0 unspecified atom stereocenters. The highest BCUT2D eigenvalue weighted by Crippen LogP contribution is 2.28. The Kier molecular flexibility index (Phi) is 7.45. The van der Waals surface area contributed by atoms with Crippen molar-refractivity contribution in [2.24, 2.45) is 0 Å². The SMILES string of the molecule is COCCOc1ccccc1C(=O)NNC(=O)c1cc2c(s1)CCCCCC2. The average Bonchev–Trinajstić information content (AvgIpc) is 3.08. The van der Waals surface area contributed by atoms with Crippen LogP contribution in [-0.4, -0.2) is 32.1 Å². The van der Waals surface area contributed by atoms with Crippen molar-refractivity contribution >= 4 is 23.2 Å². The van der Waals surface area contributed by atoms with Crippen molar-refractivity contribution in [3.63, 3.8) is 0 Å². The minimum Gasteiger partial charge on any atom is -0.490 e. The molecular formula is C21H26N2O4S. The zero-order valence-corrected chi connectivity index (χ0v) is 16.9. The van der Waals surface area contributed by atoms with Gasteiger partial charge >= 0.3 is 0 Å². The van der Waals surface area contributed by atoms with Gasteiger partial charge in [0.15, 0.2) is 0 Å². The molecule has 0 spiro atoms. The molecule has 3 rings (SSSR count). The summed E-state index contributed by atoms with van der Waals surface area (Å²) in [6.07, 6.45) is 6.90. The number of fused-ring (bicyclic) bond motifs is 1. The molecule has 28 heavy (non-hydrogen) atoms. The molecule has 7 heteroatoms. The summed E-state index contributed by atoms with van der Waals surface area (Å²) >= 11 is 1.53. The Hall–Kier alpha value is -2.38. The summed E-state index contributed by atoms with van der Waals surface area (Å²) < 4.78 is 10.5. The van der Waals surface area contributed by atoms with E-state index in [-0.39, 0.29) is 5.91 Å². The van der Waals surface area contributed by atoms with E-state index < -0.39 is 5.91 Å².